The van der Waals surface area contributed by atoms with Crippen molar-refractivity contribution in [2.24, 2.45) is 0 Å². The predicted octanol–water partition coefficient (Wildman–Crippen LogP) is 3.38. The molecule has 0 saturated heterocycles. The van der Waals surface area contributed by atoms with E-state index in [0.717, 1.165) is 9.88 Å². The first-order valence-corrected chi connectivity index (χ1v) is 5.62. The summed E-state index contributed by atoms with van der Waals surface area (Å²) in [5, 5.41) is 0.804. The van der Waals surface area contributed by atoms with E-state index in [1.807, 2.05) is 6.92 Å². The van der Waals surface area contributed by atoms with Crippen molar-refractivity contribution in [3.63, 3.8) is 0 Å². The molecule has 0 radical (unpaired) electrons. The molecule has 0 saturated carbocycles. The number of thiazole rings is 1. The quantitative estimate of drug-likeness (QED) is 0.747. The van der Waals surface area contributed by atoms with Gasteiger partial charge in [0.05, 0.1) is 9.88 Å². The SMILES string of the molecule is Cc1nc(C=O)c(-c2ccc(C)c(F)c2)s1. The number of aldehydes is 1. The number of rotatable bonds is 2. The minimum atomic E-state index is -0.264. The summed E-state index contributed by atoms with van der Waals surface area (Å²) in [6.07, 6.45) is 0.705. The summed E-state index contributed by atoms with van der Waals surface area (Å²) in [5.41, 5.74) is 1.68. The Morgan fingerprint density at radius 2 is 2.12 bits per heavy atom. The lowest BCUT2D eigenvalue weighted by molar-refractivity contribution is 0.112. The number of carbonyl (C=O) groups excluding carboxylic acids is 1. The van der Waals surface area contributed by atoms with Gasteiger partial charge in [-0.05, 0) is 31.0 Å². The molecule has 0 N–H and O–H groups in total. The Labute approximate surface area is 96.8 Å². The number of halogens is 1. The number of benzene rings is 1. The van der Waals surface area contributed by atoms with Crippen LogP contribution in [0.25, 0.3) is 10.4 Å². The lowest BCUT2D eigenvalue weighted by Crippen LogP contribution is -1.87. The number of aryl methyl sites for hydroxylation is 2. The fourth-order valence-corrected chi connectivity index (χ4v) is 2.35. The fraction of sp³-hybridized carbons (Fsp3) is 0.167. The van der Waals surface area contributed by atoms with Crippen molar-refractivity contribution in [2.75, 3.05) is 0 Å². The second-order valence-corrected chi connectivity index (χ2v) is 4.73. The molecule has 0 aliphatic carbocycles. The maximum atomic E-state index is 13.4. The number of carbonyl (C=O) groups is 1. The smallest absolute Gasteiger partial charge is 0.169 e. The maximum Gasteiger partial charge on any atom is 0.169 e. The molecule has 0 aliphatic heterocycles. The highest BCUT2D eigenvalue weighted by molar-refractivity contribution is 7.15. The van der Waals surface area contributed by atoms with E-state index in [1.54, 1.807) is 19.1 Å². The first-order valence-electron chi connectivity index (χ1n) is 4.81. The Morgan fingerprint density at radius 3 is 2.75 bits per heavy atom. The van der Waals surface area contributed by atoms with Crippen LogP contribution >= 0.6 is 11.3 Å². The first-order chi connectivity index (χ1) is 7.61. The third kappa shape index (κ3) is 1.88. The summed E-state index contributed by atoms with van der Waals surface area (Å²) in [4.78, 5) is 15.6. The third-order valence-electron chi connectivity index (χ3n) is 2.31. The average Bonchev–Trinajstić information content (AvgIpc) is 2.63. The lowest BCUT2D eigenvalue weighted by Gasteiger charge is -2.00. The molecule has 2 rings (SSSR count). The van der Waals surface area contributed by atoms with E-state index in [4.69, 9.17) is 0 Å². The van der Waals surface area contributed by atoms with Gasteiger partial charge in [0.2, 0.25) is 0 Å². The van der Waals surface area contributed by atoms with Gasteiger partial charge >= 0.3 is 0 Å². The topological polar surface area (TPSA) is 30.0 Å². The lowest BCUT2D eigenvalue weighted by atomic mass is 10.1. The van der Waals surface area contributed by atoms with Crippen molar-refractivity contribution >= 4 is 17.6 Å². The van der Waals surface area contributed by atoms with E-state index in [0.29, 0.717) is 23.1 Å². The van der Waals surface area contributed by atoms with Crippen LogP contribution in [0.15, 0.2) is 18.2 Å². The van der Waals surface area contributed by atoms with E-state index in [9.17, 15) is 9.18 Å². The minimum absolute atomic E-state index is 0.264. The van der Waals surface area contributed by atoms with Crippen LogP contribution in [0, 0.1) is 19.7 Å². The number of aromatic nitrogens is 1. The zero-order chi connectivity index (χ0) is 11.7. The minimum Gasteiger partial charge on any atom is -0.296 e. The Morgan fingerprint density at radius 1 is 1.38 bits per heavy atom. The highest BCUT2D eigenvalue weighted by Crippen LogP contribution is 2.30. The molecule has 0 unspecified atom stereocenters. The van der Waals surface area contributed by atoms with Crippen LogP contribution in [0.4, 0.5) is 4.39 Å². The molecule has 82 valence electrons. The van der Waals surface area contributed by atoms with Gasteiger partial charge in [0.15, 0.2) is 6.29 Å². The summed E-state index contributed by atoms with van der Waals surface area (Å²) in [6, 6.07) is 4.95. The average molecular weight is 235 g/mol. The molecule has 0 atom stereocenters. The third-order valence-corrected chi connectivity index (χ3v) is 3.34. The molecule has 0 bridgehead atoms. The molecular weight excluding hydrogens is 225 g/mol. The summed E-state index contributed by atoms with van der Waals surface area (Å²) in [7, 11) is 0. The molecule has 0 amide bonds. The summed E-state index contributed by atoms with van der Waals surface area (Å²) in [6.45, 7) is 3.53. The molecule has 2 nitrogen and oxygen atoms in total. The fourth-order valence-electron chi connectivity index (χ4n) is 1.46. The van der Waals surface area contributed by atoms with Gasteiger partial charge in [0.25, 0.3) is 0 Å². The zero-order valence-corrected chi connectivity index (χ0v) is 9.77. The predicted molar refractivity (Wildman–Crippen MR) is 62.4 cm³/mol. The van der Waals surface area contributed by atoms with Crippen LogP contribution in [0.3, 0.4) is 0 Å². The van der Waals surface area contributed by atoms with Gasteiger partial charge < -0.3 is 0 Å². The van der Waals surface area contributed by atoms with Gasteiger partial charge in [-0.3, -0.25) is 4.79 Å². The summed E-state index contributed by atoms with van der Waals surface area (Å²) in [5.74, 6) is -0.264. The molecule has 0 fully saturated rings. The molecule has 1 aromatic carbocycles. The van der Waals surface area contributed by atoms with Crippen molar-refractivity contribution in [3.05, 3.63) is 40.3 Å². The Kier molecular flexibility index (Phi) is 2.83. The van der Waals surface area contributed by atoms with E-state index >= 15 is 0 Å². The number of hydrogen-bond acceptors (Lipinski definition) is 3. The summed E-state index contributed by atoms with van der Waals surface area (Å²) >= 11 is 1.40. The van der Waals surface area contributed by atoms with E-state index in [1.165, 1.54) is 17.4 Å². The Bertz CT molecular complexity index is 548. The van der Waals surface area contributed by atoms with Gasteiger partial charge in [-0.25, -0.2) is 9.37 Å². The Balaban J connectivity index is 2.57. The second-order valence-electron chi connectivity index (χ2n) is 3.53. The highest BCUT2D eigenvalue weighted by Gasteiger charge is 2.11. The molecule has 0 aliphatic rings. The van der Waals surface area contributed by atoms with Crippen molar-refractivity contribution < 1.29 is 9.18 Å². The first kappa shape index (κ1) is 11.0. The van der Waals surface area contributed by atoms with E-state index in [-0.39, 0.29) is 5.82 Å². The zero-order valence-electron chi connectivity index (χ0n) is 8.95. The monoisotopic (exact) mass is 235 g/mol. The van der Waals surface area contributed by atoms with Crippen LogP contribution in [0.2, 0.25) is 0 Å². The molecule has 0 spiro atoms. The largest absolute Gasteiger partial charge is 0.296 e. The number of nitrogens with zero attached hydrogens (tertiary/aromatic N) is 1. The van der Waals surface area contributed by atoms with E-state index in [2.05, 4.69) is 4.98 Å². The van der Waals surface area contributed by atoms with Crippen molar-refractivity contribution in [3.8, 4) is 10.4 Å². The van der Waals surface area contributed by atoms with Crippen molar-refractivity contribution in [1.82, 2.24) is 4.98 Å². The van der Waals surface area contributed by atoms with Crippen LogP contribution in [0.1, 0.15) is 21.1 Å². The van der Waals surface area contributed by atoms with Crippen LogP contribution in [-0.2, 0) is 0 Å². The van der Waals surface area contributed by atoms with E-state index < -0.39 is 0 Å². The second kappa shape index (κ2) is 4.14. The highest BCUT2D eigenvalue weighted by atomic mass is 32.1. The van der Waals surface area contributed by atoms with Crippen molar-refractivity contribution in [2.45, 2.75) is 13.8 Å². The van der Waals surface area contributed by atoms with Crippen LogP contribution in [0.5, 0.6) is 0 Å². The Hall–Kier alpha value is -1.55. The van der Waals surface area contributed by atoms with Gasteiger partial charge in [-0.15, -0.1) is 11.3 Å². The standard InChI is InChI=1S/C12H10FNOS/c1-7-3-4-9(5-10(7)13)12-11(6-15)14-8(2)16-12/h3-6H,1-2H3. The molecule has 2 aromatic rings. The molecule has 4 heteroatoms. The van der Waals surface area contributed by atoms with Gasteiger partial charge in [-0.1, -0.05) is 12.1 Å². The van der Waals surface area contributed by atoms with Crippen molar-refractivity contribution in [1.29, 1.82) is 0 Å². The van der Waals surface area contributed by atoms with Gasteiger partial charge in [0, 0.05) is 0 Å². The molecule has 1 aromatic heterocycles. The normalized spacial score (nSPS) is 10.4. The van der Waals surface area contributed by atoms with Crippen LogP contribution in [-0.4, -0.2) is 11.3 Å². The molecular formula is C12H10FNOS. The molecule has 16 heavy (non-hydrogen) atoms. The molecule has 1 heterocycles. The number of hydrogen-bond donors (Lipinski definition) is 0. The maximum absolute atomic E-state index is 13.4. The van der Waals surface area contributed by atoms with Crippen LogP contribution < -0.4 is 0 Å². The summed E-state index contributed by atoms with van der Waals surface area (Å²) < 4.78 is 13.4. The van der Waals surface area contributed by atoms with Gasteiger partial charge in [-0.2, -0.15) is 0 Å². The van der Waals surface area contributed by atoms with Gasteiger partial charge in [0.1, 0.15) is 11.5 Å².